The lowest BCUT2D eigenvalue weighted by Gasteiger charge is -2.17. The van der Waals surface area contributed by atoms with Crippen LogP contribution < -0.4 is 15.4 Å². The summed E-state index contributed by atoms with van der Waals surface area (Å²) < 4.78 is 5.12. The van der Waals surface area contributed by atoms with Crippen molar-refractivity contribution in [1.82, 2.24) is 0 Å². The van der Waals surface area contributed by atoms with Crippen molar-refractivity contribution in [3.8, 4) is 5.75 Å². The van der Waals surface area contributed by atoms with Crippen LogP contribution in [0.4, 0.5) is 11.4 Å². The molecule has 0 bridgehead atoms. The molecule has 30 heavy (non-hydrogen) atoms. The van der Waals surface area contributed by atoms with Crippen LogP contribution >= 0.6 is 0 Å². The van der Waals surface area contributed by atoms with E-state index in [4.69, 9.17) is 4.74 Å². The summed E-state index contributed by atoms with van der Waals surface area (Å²) in [4.78, 5) is 25.3. The van der Waals surface area contributed by atoms with Crippen molar-refractivity contribution in [2.24, 2.45) is 0 Å². The number of hydrogen-bond donors (Lipinski definition) is 2. The Hall–Kier alpha value is -3.60. The van der Waals surface area contributed by atoms with Crippen molar-refractivity contribution in [2.45, 2.75) is 25.7 Å². The van der Waals surface area contributed by atoms with Crippen LogP contribution in [0.15, 0.2) is 78.9 Å². The van der Waals surface area contributed by atoms with Crippen molar-refractivity contribution in [1.29, 1.82) is 0 Å². The smallest absolute Gasteiger partial charge is 0.255 e. The Morgan fingerprint density at radius 3 is 2.03 bits per heavy atom. The lowest BCUT2D eigenvalue weighted by molar-refractivity contribution is -0.117. The molecule has 3 aromatic carbocycles. The number of carbonyl (C=O) groups excluding carboxylic acids is 2. The second kappa shape index (κ2) is 10.3. The Labute approximate surface area is 177 Å². The molecule has 5 heteroatoms. The molecule has 0 aromatic heterocycles. The SMILES string of the molecule is CCC[C@@H](C(=O)Nc1ccc(C(=O)Nc2ccc(OC)cc2)cc1)c1ccccc1. The summed E-state index contributed by atoms with van der Waals surface area (Å²) in [5.74, 6) is 0.267. The first kappa shape index (κ1) is 21.1. The van der Waals surface area contributed by atoms with Crippen molar-refractivity contribution in [3.63, 3.8) is 0 Å². The van der Waals surface area contributed by atoms with Crippen LogP contribution in [0.2, 0.25) is 0 Å². The molecule has 2 amide bonds. The first-order valence-corrected chi connectivity index (χ1v) is 10.0. The summed E-state index contributed by atoms with van der Waals surface area (Å²) in [5, 5.41) is 5.81. The third-order valence-corrected chi connectivity index (χ3v) is 4.86. The highest BCUT2D eigenvalue weighted by Crippen LogP contribution is 2.23. The number of amides is 2. The summed E-state index contributed by atoms with van der Waals surface area (Å²) in [6, 6.07) is 23.8. The van der Waals surface area contributed by atoms with Gasteiger partial charge >= 0.3 is 0 Å². The van der Waals surface area contributed by atoms with Gasteiger partial charge in [0.15, 0.2) is 0 Å². The lowest BCUT2D eigenvalue weighted by Crippen LogP contribution is -2.21. The van der Waals surface area contributed by atoms with Crippen molar-refractivity contribution >= 4 is 23.2 Å². The zero-order chi connectivity index (χ0) is 21.3. The zero-order valence-electron chi connectivity index (χ0n) is 17.2. The van der Waals surface area contributed by atoms with Crippen LogP contribution in [-0.2, 0) is 4.79 Å². The fourth-order valence-electron chi connectivity index (χ4n) is 3.24. The van der Waals surface area contributed by atoms with Gasteiger partial charge in [0.05, 0.1) is 13.0 Å². The normalized spacial score (nSPS) is 11.4. The Morgan fingerprint density at radius 1 is 0.833 bits per heavy atom. The minimum absolute atomic E-state index is 0.0431. The maximum absolute atomic E-state index is 12.8. The van der Waals surface area contributed by atoms with E-state index >= 15 is 0 Å². The number of ether oxygens (including phenoxy) is 1. The predicted molar refractivity (Wildman–Crippen MR) is 120 cm³/mol. The highest BCUT2D eigenvalue weighted by atomic mass is 16.5. The Kier molecular flexibility index (Phi) is 7.22. The van der Waals surface area contributed by atoms with E-state index in [0.29, 0.717) is 16.9 Å². The quantitative estimate of drug-likeness (QED) is 0.525. The van der Waals surface area contributed by atoms with Crippen LogP contribution in [0.1, 0.15) is 41.6 Å². The average molecular weight is 402 g/mol. The Morgan fingerprint density at radius 2 is 1.43 bits per heavy atom. The van der Waals surface area contributed by atoms with E-state index in [0.717, 1.165) is 24.2 Å². The molecule has 154 valence electrons. The molecular weight excluding hydrogens is 376 g/mol. The molecule has 3 aromatic rings. The van der Waals surface area contributed by atoms with Crippen molar-refractivity contribution < 1.29 is 14.3 Å². The highest BCUT2D eigenvalue weighted by molar-refractivity contribution is 6.04. The first-order chi connectivity index (χ1) is 14.6. The van der Waals surface area contributed by atoms with Gasteiger partial charge in [-0.1, -0.05) is 43.7 Å². The monoisotopic (exact) mass is 402 g/mol. The van der Waals surface area contributed by atoms with Crippen LogP contribution in [0.5, 0.6) is 5.75 Å². The topological polar surface area (TPSA) is 67.4 Å². The summed E-state index contributed by atoms with van der Waals surface area (Å²) in [6.07, 6.45) is 1.69. The van der Waals surface area contributed by atoms with Gasteiger partial charge in [0.25, 0.3) is 5.91 Å². The van der Waals surface area contributed by atoms with Gasteiger partial charge in [-0.15, -0.1) is 0 Å². The number of hydrogen-bond acceptors (Lipinski definition) is 3. The number of anilines is 2. The second-order valence-corrected chi connectivity index (χ2v) is 7.00. The Bertz CT molecular complexity index is 968. The van der Waals surface area contributed by atoms with Crippen molar-refractivity contribution in [2.75, 3.05) is 17.7 Å². The number of methoxy groups -OCH3 is 1. The molecule has 0 unspecified atom stereocenters. The summed E-state index contributed by atoms with van der Waals surface area (Å²) >= 11 is 0. The molecule has 5 nitrogen and oxygen atoms in total. The zero-order valence-corrected chi connectivity index (χ0v) is 17.2. The molecular formula is C25H26N2O3. The average Bonchev–Trinajstić information content (AvgIpc) is 2.79. The molecule has 1 atom stereocenters. The van der Waals surface area contributed by atoms with E-state index in [1.807, 2.05) is 30.3 Å². The molecule has 0 spiro atoms. The molecule has 0 heterocycles. The Balaban J connectivity index is 1.64. The third-order valence-electron chi connectivity index (χ3n) is 4.86. The maximum atomic E-state index is 12.8. The van der Waals surface area contributed by atoms with Gasteiger partial charge in [-0.3, -0.25) is 9.59 Å². The fourth-order valence-corrected chi connectivity index (χ4v) is 3.24. The standard InChI is InChI=1S/C25H26N2O3/c1-3-7-23(18-8-5-4-6-9-18)25(29)27-20-12-10-19(11-13-20)24(28)26-21-14-16-22(30-2)17-15-21/h4-6,8-17,23H,3,7H2,1-2H3,(H,26,28)(H,27,29)/t23-/m1/s1. The number of nitrogens with one attached hydrogen (secondary N) is 2. The molecule has 2 N–H and O–H groups in total. The fraction of sp³-hybridized carbons (Fsp3) is 0.200. The molecule has 0 aliphatic heterocycles. The second-order valence-electron chi connectivity index (χ2n) is 7.00. The van der Waals surface area contributed by atoms with Crippen LogP contribution in [0.25, 0.3) is 0 Å². The highest BCUT2D eigenvalue weighted by Gasteiger charge is 2.19. The van der Waals surface area contributed by atoms with Crippen LogP contribution in [0.3, 0.4) is 0 Å². The number of benzene rings is 3. The number of carbonyl (C=O) groups is 2. The van der Waals surface area contributed by atoms with Gasteiger partial charge in [0.2, 0.25) is 5.91 Å². The van der Waals surface area contributed by atoms with Crippen LogP contribution in [0, 0.1) is 0 Å². The maximum Gasteiger partial charge on any atom is 0.255 e. The van der Waals surface area contributed by atoms with E-state index in [2.05, 4.69) is 17.6 Å². The van der Waals surface area contributed by atoms with Gasteiger partial charge in [-0.05, 0) is 60.5 Å². The minimum atomic E-state index is -0.216. The predicted octanol–water partition coefficient (Wildman–Crippen LogP) is 5.47. The minimum Gasteiger partial charge on any atom is -0.497 e. The molecule has 0 radical (unpaired) electrons. The van der Waals surface area contributed by atoms with Gasteiger partial charge in [0, 0.05) is 16.9 Å². The van der Waals surface area contributed by atoms with E-state index in [1.54, 1.807) is 55.6 Å². The van der Waals surface area contributed by atoms with E-state index < -0.39 is 0 Å². The molecule has 3 rings (SSSR count). The van der Waals surface area contributed by atoms with E-state index in [9.17, 15) is 9.59 Å². The summed E-state index contributed by atoms with van der Waals surface area (Å²) in [6.45, 7) is 2.07. The van der Waals surface area contributed by atoms with Gasteiger partial charge in [-0.2, -0.15) is 0 Å². The summed E-state index contributed by atoms with van der Waals surface area (Å²) in [5.41, 5.74) is 2.87. The van der Waals surface area contributed by atoms with Crippen molar-refractivity contribution in [3.05, 3.63) is 90.0 Å². The number of rotatable bonds is 8. The van der Waals surface area contributed by atoms with Crippen LogP contribution in [-0.4, -0.2) is 18.9 Å². The largest absolute Gasteiger partial charge is 0.497 e. The third kappa shape index (κ3) is 5.47. The van der Waals surface area contributed by atoms with Gasteiger partial charge in [-0.25, -0.2) is 0 Å². The van der Waals surface area contributed by atoms with Gasteiger partial charge in [0.1, 0.15) is 5.75 Å². The summed E-state index contributed by atoms with van der Waals surface area (Å²) in [7, 11) is 1.60. The van der Waals surface area contributed by atoms with Gasteiger partial charge < -0.3 is 15.4 Å². The molecule has 0 saturated carbocycles. The first-order valence-electron chi connectivity index (χ1n) is 10.0. The molecule has 0 saturated heterocycles. The van der Waals surface area contributed by atoms with E-state index in [1.165, 1.54) is 0 Å². The van der Waals surface area contributed by atoms with E-state index in [-0.39, 0.29) is 17.7 Å². The molecule has 0 aliphatic carbocycles. The molecule has 0 aliphatic rings. The molecule has 0 fully saturated rings. The lowest BCUT2D eigenvalue weighted by atomic mass is 9.93.